The minimum absolute atomic E-state index is 0. The number of halogens is 2. The fourth-order valence-electron chi connectivity index (χ4n) is 3.70. The molecule has 2 N–H and O–H groups in total. The third kappa shape index (κ3) is 9.17. The van der Waals surface area contributed by atoms with Crippen molar-refractivity contribution in [2.75, 3.05) is 65.8 Å². The van der Waals surface area contributed by atoms with Gasteiger partial charge in [0, 0.05) is 39.4 Å². The second-order valence-electron chi connectivity index (χ2n) is 7.57. The molecule has 31 heavy (non-hydrogen) atoms. The molecule has 0 amide bonds. The smallest absolute Gasteiger partial charge is 0.191 e. The van der Waals surface area contributed by atoms with Crippen LogP contribution in [0.15, 0.2) is 29.3 Å². The van der Waals surface area contributed by atoms with Gasteiger partial charge in [-0.05, 0) is 37.5 Å². The molecule has 0 aliphatic carbocycles. The first kappa shape index (κ1) is 26.2. The number of hydrogen-bond donors (Lipinski definition) is 2. The molecule has 2 aliphatic rings. The summed E-state index contributed by atoms with van der Waals surface area (Å²) in [6.07, 6.45) is 2.15. The maximum absolute atomic E-state index is 13.4. The summed E-state index contributed by atoms with van der Waals surface area (Å²) in [5.41, 5.74) is 1.07. The highest BCUT2D eigenvalue weighted by Gasteiger charge is 2.22. The molecule has 2 heterocycles. The summed E-state index contributed by atoms with van der Waals surface area (Å²) in [4.78, 5) is 7.18. The Labute approximate surface area is 202 Å². The zero-order valence-electron chi connectivity index (χ0n) is 18.4. The molecule has 2 fully saturated rings. The molecule has 2 atom stereocenters. The van der Waals surface area contributed by atoms with Crippen LogP contribution in [-0.2, 0) is 14.2 Å². The van der Waals surface area contributed by atoms with Gasteiger partial charge in [-0.25, -0.2) is 4.39 Å². The maximum atomic E-state index is 13.4. The normalized spacial score (nSPS) is 20.8. The SMILES string of the molecule is CCNC(=NCC(c1ccc(F)cc1)N1CCOCC1)NCCCOC1CCOC1.I. The fourth-order valence-corrected chi connectivity index (χ4v) is 3.70. The third-order valence-electron chi connectivity index (χ3n) is 5.36. The molecule has 2 aliphatic heterocycles. The van der Waals surface area contributed by atoms with Gasteiger partial charge in [0.25, 0.3) is 0 Å². The molecule has 0 radical (unpaired) electrons. The van der Waals surface area contributed by atoms with E-state index in [1.807, 2.05) is 12.1 Å². The van der Waals surface area contributed by atoms with Crippen LogP contribution < -0.4 is 10.6 Å². The van der Waals surface area contributed by atoms with E-state index in [1.165, 1.54) is 12.1 Å². The Kier molecular flexibility index (Phi) is 12.6. The van der Waals surface area contributed by atoms with Crippen LogP contribution in [0.25, 0.3) is 0 Å². The average molecular weight is 550 g/mol. The number of benzene rings is 1. The molecule has 3 rings (SSSR count). The molecule has 176 valence electrons. The summed E-state index contributed by atoms with van der Waals surface area (Å²) in [7, 11) is 0. The summed E-state index contributed by atoms with van der Waals surface area (Å²) < 4.78 is 30.1. The number of rotatable bonds is 10. The lowest BCUT2D eigenvalue weighted by molar-refractivity contribution is 0.0179. The quantitative estimate of drug-likeness (QED) is 0.202. The van der Waals surface area contributed by atoms with Crippen LogP contribution in [0, 0.1) is 5.82 Å². The highest BCUT2D eigenvalue weighted by molar-refractivity contribution is 14.0. The molecule has 0 aromatic heterocycles. The van der Waals surface area contributed by atoms with Gasteiger partial charge in [0.1, 0.15) is 5.82 Å². The van der Waals surface area contributed by atoms with Crippen molar-refractivity contribution in [3.05, 3.63) is 35.6 Å². The van der Waals surface area contributed by atoms with Crippen LogP contribution >= 0.6 is 24.0 Å². The van der Waals surface area contributed by atoms with Crippen LogP contribution in [0.2, 0.25) is 0 Å². The number of nitrogens with zero attached hydrogens (tertiary/aromatic N) is 2. The maximum Gasteiger partial charge on any atom is 0.191 e. The van der Waals surface area contributed by atoms with Gasteiger partial charge in [-0.1, -0.05) is 12.1 Å². The zero-order chi connectivity index (χ0) is 21.0. The van der Waals surface area contributed by atoms with Crippen molar-refractivity contribution in [3.8, 4) is 0 Å². The van der Waals surface area contributed by atoms with Crippen molar-refractivity contribution in [1.29, 1.82) is 0 Å². The van der Waals surface area contributed by atoms with Crippen molar-refractivity contribution < 1.29 is 18.6 Å². The predicted octanol–water partition coefficient (Wildman–Crippen LogP) is 2.57. The molecular weight excluding hydrogens is 514 g/mol. The number of nitrogens with one attached hydrogen (secondary N) is 2. The van der Waals surface area contributed by atoms with Crippen molar-refractivity contribution >= 4 is 29.9 Å². The predicted molar refractivity (Wildman–Crippen MR) is 131 cm³/mol. The summed E-state index contributed by atoms with van der Waals surface area (Å²) in [5, 5.41) is 6.70. The van der Waals surface area contributed by atoms with Gasteiger partial charge in [0.2, 0.25) is 0 Å². The van der Waals surface area contributed by atoms with Crippen LogP contribution in [0.3, 0.4) is 0 Å². The Morgan fingerprint density at radius 1 is 1.19 bits per heavy atom. The first-order valence-electron chi connectivity index (χ1n) is 11.0. The Balaban J connectivity index is 0.00000341. The van der Waals surface area contributed by atoms with Crippen LogP contribution in [0.1, 0.15) is 31.4 Å². The van der Waals surface area contributed by atoms with E-state index in [0.717, 1.165) is 57.2 Å². The summed E-state index contributed by atoms with van der Waals surface area (Å²) in [6, 6.07) is 6.84. The lowest BCUT2D eigenvalue weighted by atomic mass is 10.0. The van der Waals surface area contributed by atoms with E-state index in [-0.39, 0.29) is 41.9 Å². The molecule has 9 heteroatoms. The molecule has 2 saturated heterocycles. The van der Waals surface area contributed by atoms with Gasteiger partial charge in [0.05, 0.1) is 38.5 Å². The second kappa shape index (κ2) is 14.9. The van der Waals surface area contributed by atoms with Gasteiger partial charge in [-0.3, -0.25) is 9.89 Å². The lowest BCUT2D eigenvalue weighted by Gasteiger charge is -2.34. The fraction of sp³-hybridized carbons (Fsp3) is 0.682. The summed E-state index contributed by atoms with van der Waals surface area (Å²) in [6.45, 7) is 9.59. The van der Waals surface area contributed by atoms with Gasteiger partial charge in [-0.15, -0.1) is 24.0 Å². The van der Waals surface area contributed by atoms with E-state index in [4.69, 9.17) is 19.2 Å². The molecule has 0 bridgehead atoms. The number of hydrogen-bond acceptors (Lipinski definition) is 5. The highest BCUT2D eigenvalue weighted by Crippen LogP contribution is 2.22. The number of morpholine rings is 1. The largest absolute Gasteiger partial charge is 0.379 e. The Morgan fingerprint density at radius 3 is 2.65 bits per heavy atom. The zero-order valence-corrected chi connectivity index (χ0v) is 20.7. The van der Waals surface area contributed by atoms with Crippen molar-refractivity contribution in [3.63, 3.8) is 0 Å². The molecule has 0 spiro atoms. The first-order chi connectivity index (χ1) is 14.8. The van der Waals surface area contributed by atoms with E-state index in [0.29, 0.717) is 33.0 Å². The molecule has 2 unspecified atom stereocenters. The van der Waals surface area contributed by atoms with E-state index < -0.39 is 0 Å². The van der Waals surface area contributed by atoms with Crippen molar-refractivity contribution in [2.24, 2.45) is 4.99 Å². The minimum atomic E-state index is -0.218. The Bertz CT molecular complexity index is 638. The van der Waals surface area contributed by atoms with Crippen molar-refractivity contribution in [1.82, 2.24) is 15.5 Å². The van der Waals surface area contributed by atoms with Gasteiger partial charge in [-0.2, -0.15) is 0 Å². The van der Waals surface area contributed by atoms with Crippen LogP contribution in [0.4, 0.5) is 4.39 Å². The number of guanidine groups is 1. The first-order valence-corrected chi connectivity index (χ1v) is 11.0. The highest BCUT2D eigenvalue weighted by atomic mass is 127. The van der Waals surface area contributed by atoms with Crippen LogP contribution in [-0.4, -0.2) is 82.7 Å². The van der Waals surface area contributed by atoms with Crippen molar-refractivity contribution in [2.45, 2.75) is 31.9 Å². The second-order valence-corrected chi connectivity index (χ2v) is 7.57. The lowest BCUT2D eigenvalue weighted by Crippen LogP contribution is -2.42. The third-order valence-corrected chi connectivity index (χ3v) is 5.36. The molecule has 1 aromatic carbocycles. The van der Waals surface area contributed by atoms with E-state index in [9.17, 15) is 4.39 Å². The monoisotopic (exact) mass is 550 g/mol. The Hall–Kier alpha value is -1.01. The van der Waals surface area contributed by atoms with Gasteiger partial charge in [0.15, 0.2) is 5.96 Å². The summed E-state index contributed by atoms with van der Waals surface area (Å²) in [5.74, 6) is 0.575. The topological polar surface area (TPSA) is 67.4 Å². The minimum Gasteiger partial charge on any atom is -0.379 e. The standard InChI is InChI=1S/C22H35FN4O3.HI/c1-2-24-22(25-9-3-12-30-20-8-13-29-17-20)26-16-21(27-10-14-28-15-11-27)18-4-6-19(23)7-5-18;/h4-7,20-21H,2-3,8-17H2,1H3,(H2,24,25,26);1H. The van der Waals surface area contributed by atoms with Gasteiger partial charge < -0.3 is 24.8 Å². The summed E-state index contributed by atoms with van der Waals surface area (Å²) >= 11 is 0. The van der Waals surface area contributed by atoms with E-state index in [2.05, 4.69) is 22.5 Å². The molecular formula is C22H36FIN4O3. The molecule has 1 aromatic rings. The number of ether oxygens (including phenoxy) is 3. The molecule has 0 saturated carbocycles. The van der Waals surface area contributed by atoms with Gasteiger partial charge >= 0.3 is 0 Å². The Morgan fingerprint density at radius 2 is 1.97 bits per heavy atom. The van der Waals surface area contributed by atoms with E-state index in [1.54, 1.807) is 0 Å². The van der Waals surface area contributed by atoms with Crippen LogP contribution in [0.5, 0.6) is 0 Å². The average Bonchev–Trinajstić information content (AvgIpc) is 3.29. The van der Waals surface area contributed by atoms with E-state index >= 15 is 0 Å². The number of aliphatic imine (C=N–C) groups is 1. The molecule has 7 nitrogen and oxygen atoms in total.